The van der Waals surface area contributed by atoms with Crippen molar-refractivity contribution in [2.24, 2.45) is 0 Å². The first-order chi connectivity index (χ1) is 14.6. The van der Waals surface area contributed by atoms with Crippen LogP contribution in [-0.2, 0) is 17.8 Å². The van der Waals surface area contributed by atoms with Crippen molar-refractivity contribution >= 4 is 5.91 Å². The molecule has 0 unspecified atom stereocenters. The highest BCUT2D eigenvalue weighted by Crippen LogP contribution is 2.18. The molecule has 2 heterocycles. The average Bonchev–Trinajstić information content (AvgIpc) is 3.08. The fraction of sp³-hybridized carbons (Fsp3) is 0.333. The molecule has 1 aliphatic rings. The summed E-state index contributed by atoms with van der Waals surface area (Å²) in [6, 6.07) is 18.2. The van der Waals surface area contributed by atoms with Crippen molar-refractivity contribution in [3.05, 3.63) is 82.7 Å². The van der Waals surface area contributed by atoms with Gasteiger partial charge < -0.3 is 10.1 Å². The van der Waals surface area contributed by atoms with Gasteiger partial charge in [-0.1, -0.05) is 42.5 Å². The fourth-order valence-electron chi connectivity index (χ4n) is 3.94. The Morgan fingerprint density at radius 2 is 1.67 bits per heavy atom. The summed E-state index contributed by atoms with van der Waals surface area (Å²) in [6.07, 6.45) is 0. The Kier molecular flexibility index (Phi) is 6.26. The number of para-hydroxylation sites is 1. The maximum Gasteiger partial charge on any atom is 0.255 e. The van der Waals surface area contributed by atoms with Gasteiger partial charge in [0.2, 0.25) is 0 Å². The summed E-state index contributed by atoms with van der Waals surface area (Å²) in [4.78, 5) is 15.4. The molecule has 1 N–H and O–H groups in total. The summed E-state index contributed by atoms with van der Waals surface area (Å²) in [5, 5.41) is 7.69. The van der Waals surface area contributed by atoms with Crippen LogP contribution in [0.3, 0.4) is 0 Å². The zero-order chi connectivity index (χ0) is 20.9. The summed E-state index contributed by atoms with van der Waals surface area (Å²) in [6.45, 7) is 8.64. The summed E-state index contributed by atoms with van der Waals surface area (Å²) in [5.74, 6) is -0.0895. The van der Waals surface area contributed by atoms with E-state index in [1.807, 2.05) is 54.9 Å². The minimum absolute atomic E-state index is 0.0895. The predicted octanol–water partition coefficient (Wildman–Crippen LogP) is 3.25. The van der Waals surface area contributed by atoms with Gasteiger partial charge >= 0.3 is 0 Å². The third-order valence-electron chi connectivity index (χ3n) is 5.57. The number of amides is 1. The molecule has 6 heteroatoms. The van der Waals surface area contributed by atoms with E-state index in [-0.39, 0.29) is 5.91 Å². The molecule has 1 amide bonds. The minimum atomic E-state index is -0.0895. The zero-order valence-electron chi connectivity index (χ0n) is 17.6. The Labute approximate surface area is 177 Å². The molecule has 4 rings (SSSR count). The molecule has 1 saturated heterocycles. The molecule has 2 aromatic carbocycles. The molecular weight excluding hydrogens is 376 g/mol. The minimum Gasteiger partial charge on any atom is -0.379 e. The van der Waals surface area contributed by atoms with Crippen molar-refractivity contribution < 1.29 is 9.53 Å². The number of morpholine rings is 1. The standard InChI is InChI=1S/C24H28N4O2/c1-18-23(19(2)28(26-18)22-10-4-3-5-11-22)24(29)25-16-20-8-6-7-9-21(20)17-27-12-14-30-15-13-27/h3-11H,12-17H2,1-2H3,(H,25,29). The maximum atomic E-state index is 13.0. The fourth-order valence-corrected chi connectivity index (χ4v) is 3.94. The first-order valence-electron chi connectivity index (χ1n) is 10.4. The molecule has 156 valence electrons. The molecule has 0 aliphatic carbocycles. The number of carbonyl (C=O) groups is 1. The van der Waals surface area contributed by atoms with Crippen molar-refractivity contribution in [1.82, 2.24) is 20.0 Å². The van der Waals surface area contributed by atoms with Crippen LogP contribution in [0.4, 0.5) is 0 Å². The number of aromatic nitrogens is 2. The molecule has 0 spiro atoms. The van der Waals surface area contributed by atoms with Gasteiger partial charge in [-0.2, -0.15) is 5.10 Å². The molecule has 0 radical (unpaired) electrons. The number of hydrogen-bond donors (Lipinski definition) is 1. The van der Waals surface area contributed by atoms with Crippen LogP contribution in [0.25, 0.3) is 5.69 Å². The number of hydrogen-bond acceptors (Lipinski definition) is 4. The molecule has 30 heavy (non-hydrogen) atoms. The number of benzene rings is 2. The SMILES string of the molecule is Cc1nn(-c2ccccc2)c(C)c1C(=O)NCc1ccccc1CN1CCOCC1. The van der Waals surface area contributed by atoms with E-state index >= 15 is 0 Å². The van der Waals surface area contributed by atoms with Crippen molar-refractivity contribution in [2.75, 3.05) is 26.3 Å². The lowest BCUT2D eigenvalue weighted by atomic mass is 10.1. The Hall–Kier alpha value is -2.96. The van der Waals surface area contributed by atoms with Crippen molar-refractivity contribution in [3.63, 3.8) is 0 Å². The quantitative estimate of drug-likeness (QED) is 0.685. The second-order valence-electron chi connectivity index (χ2n) is 7.63. The van der Waals surface area contributed by atoms with E-state index in [0.717, 1.165) is 55.5 Å². The first kappa shape index (κ1) is 20.3. The second-order valence-corrected chi connectivity index (χ2v) is 7.63. The van der Waals surface area contributed by atoms with Gasteiger partial charge in [0.15, 0.2) is 0 Å². The molecule has 0 bridgehead atoms. The van der Waals surface area contributed by atoms with E-state index in [2.05, 4.69) is 33.5 Å². The monoisotopic (exact) mass is 404 g/mol. The largest absolute Gasteiger partial charge is 0.379 e. The summed E-state index contributed by atoms with van der Waals surface area (Å²) >= 11 is 0. The van der Waals surface area contributed by atoms with E-state index in [9.17, 15) is 4.79 Å². The number of nitrogens with zero attached hydrogens (tertiary/aromatic N) is 3. The molecular formula is C24H28N4O2. The molecule has 1 fully saturated rings. The Balaban J connectivity index is 1.47. The maximum absolute atomic E-state index is 13.0. The van der Waals surface area contributed by atoms with Crippen LogP contribution in [0, 0.1) is 13.8 Å². The molecule has 6 nitrogen and oxygen atoms in total. The molecule has 0 saturated carbocycles. The van der Waals surface area contributed by atoms with Gasteiger partial charge in [-0.3, -0.25) is 9.69 Å². The van der Waals surface area contributed by atoms with Crippen LogP contribution in [0.5, 0.6) is 0 Å². The molecule has 1 aromatic heterocycles. The van der Waals surface area contributed by atoms with Gasteiger partial charge in [-0.25, -0.2) is 4.68 Å². The van der Waals surface area contributed by atoms with Gasteiger partial charge in [0, 0.05) is 26.2 Å². The van der Waals surface area contributed by atoms with E-state index in [4.69, 9.17) is 4.74 Å². The van der Waals surface area contributed by atoms with Crippen LogP contribution < -0.4 is 5.32 Å². The Morgan fingerprint density at radius 1 is 1.00 bits per heavy atom. The zero-order valence-corrected chi connectivity index (χ0v) is 17.6. The van der Waals surface area contributed by atoms with Crippen molar-refractivity contribution in [1.29, 1.82) is 0 Å². The van der Waals surface area contributed by atoms with Crippen LogP contribution in [-0.4, -0.2) is 46.9 Å². The van der Waals surface area contributed by atoms with Crippen LogP contribution in [0.1, 0.15) is 32.9 Å². The van der Waals surface area contributed by atoms with Gasteiger partial charge in [-0.15, -0.1) is 0 Å². The summed E-state index contributed by atoms with van der Waals surface area (Å²) in [7, 11) is 0. The molecule has 0 atom stereocenters. The number of ether oxygens (including phenoxy) is 1. The molecule has 3 aromatic rings. The predicted molar refractivity (Wildman–Crippen MR) is 117 cm³/mol. The summed E-state index contributed by atoms with van der Waals surface area (Å²) < 4.78 is 7.28. The number of rotatable bonds is 6. The molecule has 1 aliphatic heterocycles. The van der Waals surface area contributed by atoms with Crippen molar-refractivity contribution in [3.8, 4) is 5.69 Å². The average molecular weight is 405 g/mol. The van der Waals surface area contributed by atoms with Crippen LogP contribution in [0.2, 0.25) is 0 Å². The first-order valence-corrected chi connectivity index (χ1v) is 10.4. The third-order valence-corrected chi connectivity index (χ3v) is 5.57. The van der Waals surface area contributed by atoms with Crippen molar-refractivity contribution in [2.45, 2.75) is 26.9 Å². The smallest absolute Gasteiger partial charge is 0.255 e. The van der Waals surface area contributed by atoms with E-state index in [1.165, 1.54) is 5.56 Å². The van der Waals surface area contributed by atoms with Gasteiger partial charge in [0.25, 0.3) is 5.91 Å². The highest BCUT2D eigenvalue weighted by Gasteiger charge is 2.20. The van der Waals surface area contributed by atoms with E-state index in [1.54, 1.807) is 0 Å². The van der Waals surface area contributed by atoms with Gasteiger partial charge in [0.1, 0.15) is 0 Å². The Bertz CT molecular complexity index is 1010. The Morgan fingerprint density at radius 3 is 2.40 bits per heavy atom. The lowest BCUT2D eigenvalue weighted by Crippen LogP contribution is -2.36. The van der Waals surface area contributed by atoms with E-state index < -0.39 is 0 Å². The lowest BCUT2D eigenvalue weighted by Gasteiger charge is -2.27. The van der Waals surface area contributed by atoms with Crippen LogP contribution in [0.15, 0.2) is 54.6 Å². The highest BCUT2D eigenvalue weighted by atomic mass is 16.5. The van der Waals surface area contributed by atoms with Gasteiger partial charge in [-0.05, 0) is 37.1 Å². The highest BCUT2D eigenvalue weighted by molar-refractivity contribution is 5.96. The topological polar surface area (TPSA) is 59.4 Å². The number of aryl methyl sites for hydroxylation is 1. The number of carbonyl (C=O) groups excluding carboxylic acids is 1. The van der Waals surface area contributed by atoms with E-state index in [0.29, 0.717) is 12.1 Å². The third kappa shape index (κ3) is 4.45. The van der Waals surface area contributed by atoms with Crippen LogP contribution >= 0.6 is 0 Å². The lowest BCUT2D eigenvalue weighted by molar-refractivity contribution is 0.0340. The normalized spacial score (nSPS) is 14.6. The van der Waals surface area contributed by atoms with Gasteiger partial charge in [0.05, 0.1) is 35.9 Å². The second kappa shape index (κ2) is 9.24. The number of nitrogens with one attached hydrogen (secondary N) is 1. The summed E-state index contributed by atoms with van der Waals surface area (Å²) in [5.41, 5.74) is 5.56.